The second-order valence-corrected chi connectivity index (χ2v) is 4.03. The molecular formula is C10H14N6O2. The zero-order chi connectivity index (χ0) is 13.3. The van der Waals surface area contributed by atoms with Crippen molar-refractivity contribution in [1.29, 1.82) is 0 Å². The van der Waals surface area contributed by atoms with Crippen LogP contribution in [-0.2, 0) is 9.59 Å². The second kappa shape index (κ2) is 4.57. The molecule has 8 nitrogen and oxygen atoms in total. The third-order valence-electron chi connectivity index (χ3n) is 2.89. The van der Waals surface area contributed by atoms with E-state index in [4.69, 9.17) is 5.84 Å². The largest absolute Gasteiger partial charge is 0.335 e. The van der Waals surface area contributed by atoms with E-state index in [1.54, 1.807) is 18.7 Å². The fourth-order valence-corrected chi connectivity index (χ4v) is 1.85. The lowest BCUT2D eigenvalue weighted by Gasteiger charge is -2.33. The van der Waals surface area contributed by atoms with Gasteiger partial charge in [0.1, 0.15) is 24.0 Å². The minimum atomic E-state index is -0.470. The molecule has 2 amide bonds. The maximum absolute atomic E-state index is 11.6. The molecule has 1 fully saturated rings. The van der Waals surface area contributed by atoms with E-state index in [-0.39, 0.29) is 18.4 Å². The molecule has 0 bridgehead atoms. The monoisotopic (exact) mass is 250 g/mol. The van der Waals surface area contributed by atoms with E-state index >= 15 is 0 Å². The van der Waals surface area contributed by atoms with Crippen molar-refractivity contribution in [3.63, 3.8) is 0 Å². The van der Waals surface area contributed by atoms with Crippen LogP contribution < -0.4 is 21.5 Å². The predicted molar refractivity (Wildman–Crippen MR) is 64.5 cm³/mol. The van der Waals surface area contributed by atoms with Crippen molar-refractivity contribution < 1.29 is 9.59 Å². The molecule has 2 heterocycles. The van der Waals surface area contributed by atoms with Crippen molar-refractivity contribution in [2.24, 2.45) is 5.84 Å². The van der Waals surface area contributed by atoms with E-state index < -0.39 is 6.04 Å². The summed E-state index contributed by atoms with van der Waals surface area (Å²) in [6.07, 6.45) is 1.33. The third kappa shape index (κ3) is 1.97. The Balaban J connectivity index is 2.41. The quantitative estimate of drug-likeness (QED) is 0.347. The normalized spacial score (nSPS) is 19.7. The number of piperazine rings is 1. The highest BCUT2D eigenvalue weighted by molar-refractivity contribution is 6.04. The van der Waals surface area contributed by atoms with E-state index in [0.29, 0.717) is 17.2 Å². The molecule has 18 heavy (non-hydrogen) atoms. The number of anilines is 2. The molecule has 8 heteroatoms. The highest BCUT2D eigenvalue weighted by atomic mass is 16.2. The molecule has 0 saturated carbocycles. The number of nitrogens with zero attached hydrogens (tertiary/aromatic N) is 3. The summed E-state index contributed by atoms with van der Waals surface area (Å²) in [6.45, 7) is 3.56. The summed E-state index contributed by atoms with van der Waals surface area (Å²) in [5.74, 6) is 5.63. The molecule has 1 atom stereocenters. The van der Waals surface area contributed by atoms with Crippen LogP contribution in [0.2, 0.25) is 0 Å². The van der Waals surface area contributed by atoms with Gasteiger partial charge in [-0.05, 0) is 13.8 Å². The van der Waals surface area contributed by atoms with Gasteiger partial charge in [-0.25, -0.2) is 15.8 Å². The van der Waals surface area contributed by atoms with Gasteiger partial charge in [0.25, 0.3) is 0 Å². The highest BCUT2D eigenvalue weighted by Crippen LogP contribution is 2.24. The SMILES string of the molecule is Cc1c(NN)ncnc1N1CC(=O)NC(=O)C1C. The topological polar surface area (TPSA) is 113 Å². The van der Waals surface area contributed by atoms with Crippen LogP contribution in [0.25, 0.3) is 0 Å². The number of rotatable bonds is 2. The summed E-state index contributed by atoms with van der Waals surface area (Å²) in [5, 5.41) is 2.27. The lowest BCUT2D eigenvalue weighted by atomic mass is 10.1. The molecule has 2 rings (SSSR count). The van der Waals surface area contributed by atoms with E-state index in [1.807, 2.05) is 0 Å². The number of amides is 2. The fraction of sp³-hybridized carbons (Fsp3) is 0.400. The summed E-state index contributed by atoms with van der Waals surface area (Å²) in [5.41, 5.74) is 3.14. The minimum Gasteiger partial charge on any atom is -0.335 e. The van der Waals surface area contributed by atoms with Gasteiger partial charge >= 0.3 is 0 Å². The molecule has 0 radical (unpaired) electrons. The summed E-state index contributed by atoms with van der Waals surface area (Å²) in [4.78, 5) is 32.7. The average molecular weight is 250 g/mol. The number of imide groups is 1. The van der Waals surface area contributed by atoms with Gasteiger partial charge in [-0.3, -0.25) is 14.9 Å². The van der Waals surface area contributed by atoms with Gasteiger partial charge in [-0.1, -0.05) is 0 Å². The Kier molecular flexibility index (Phi) is 3.11. The van der Waals surface area contributed by atoms with Crippen LogP contribution in [0.3, 0.4) is 0 Å². The molecule has 1 aliphatic rings. The van der Waals surface area contributed by atoms with E-state index in [9.17, 15) is 9.59 Å². The van der Waals surface area contributed by atoms with Gasteiger partial charge in [0.15, 0.2) is 0 Å². The molecule has 0 spiro atoms. The van der Waals surface area contributed by atoms with Crippen LogP contribution in [0.5, 0.6) is 0 Å². The van der Waals surface area contributed by atoms with Crippen molar-refractivity contribution in [1.82, 2.24) is 15.3 Å². The maximum Gasteiger partial charge on any atom is 0.249 e. The smallest absolute Gasteiger partial charge is 0.249 e. The number of nitrogens with one attached hydrogen (secondary N) is 2. The zero-order valence-electron chi connectivity index (χ0n) is 10.1. The van der Waals surface area contributed by atoms with Gasteiger partial charge < -0.3 is 10.3 Å². The summed E-state index contributed by atoms with van der Waals surface area (Å²) in [7, 11) is 0. The third-order valence-corrected chi connectivity index (χ3v) is 2.89. The molecule has 96 valence electrons. The molecule has 1 aliphatic heterocycles. The van der Waals surface area contributed by atoms with Crippen LogP contribution in [0.1, 0.15) is 12.5 Å². The van der Waals surface area contributed by atoms with Gasteiger partial charge in [-0.2, -0.15) is 0 Å². The van der Waals surface area contributed by atoms with Crippen molar-refractivity contribution in [2.45, 2.75) is 19.9 Å². The summed E-state index contributed by atoms with van der Waals surface area (Å²) < 4.78 is 0. The minimum absolute atomic E-state index is 0.0781. The molecule has 4 N–H and O–H groups in total. The first kappa shape index (κ1) is 12.2. The molecule has 1 aromatic heterocycles. The number of hydrogen-bond donors (Lipinski definition) is 3. The Labute approximate surface area is 104 Å². The number of hydrogen-bond acceptors (Lipinski definition) is 7. The Morgan fingerprint density at radius 3 is 2.89 bits per heavy atom. The first-order valence-corrected chi connectivity index (χ1v) is 5.43. The number of carbonyl (C=O) groups is 2. The predicted octanol–water partition coefficient (Wildman–Crippen LogP) is -1.08. The Morgan fingerprint density at radius 2 is 2.22 bits per heavy atom. The Morgan fingerprint density at radius 1 is 1.50 bits per heavy atom. The van der Waals surface area contributed by atoms with Crippen LogP contribution >= 0.6 is 0 Å². The molecule has 0 aromatic carbocycles. The lowest BCUT2D eigenvalue weighted by molar-refractivity contribution is -0.132. The van der Waals surface area contributed by atoms with Crippen molar-refractivity contribution >= 4 is 23.5 Å². The van der Waals surface area contributed by atoms with E-state index in [2.05, 4.69) is 20.7 Å². The summed E-state index contributed by atoms with van der Waals surface area (Å²) in [6, 6.07) is -0.470. The number of hydrazine groups is 1. The van der Waals surface area contributed by atoms with Crippen LogP contribution in [0.15, 0.2) is 6.33 Å². The molecule has 1 unspecified atom stereocenters. The first-order valence-electron chi connectivity index (χ1n) is 5.43. The number of nitrogens with two attached hydrogens (primary N) is 1. The summed E-state index contributed by atoms with van der Waals surface area (Å²) >= 11 is 0. The van der Waals surface area contributed by atoms with Crippen molar-refractivity contribution in [3.8, 4) is 0 Å². The number of aromatic nitrogens is 2. The van der Waals surface area contributed by atoms with Crippen molar-refractivity contribution in [3.05, 3.63) is 11.9 Å². The van der Waals surface area contributed by atoms with Crippen LogP contribution in [0.4, 0.5) is 11.6 Å². The number of nitrogen functional groups attached to an aromatic ring is 1. The molecule has 0 aliphatic carbocycles. The van der Waals surface area contributed by atoms with Crippen LogP contribution in [-0.4, -0.2) is 34.4 Å². The van der Waals surface area contributed by atoms with E-state index in [1.165, 1.54) is 6.33 Å². The lowest BCUT2D eigenvalue weighted by Crippen LogP contribution is -2.57. The van der Waals surface area contributed by atoms with Gasteiger partial charge in [0, 0.05) is 5.56 Å². The fourth-order valence-electron chi connectivity index (χ4n) is 1.85. The highest BCUT2D eigenvalue weighted by Gasteiger charge is 2.32. The zero-order valence-corrected chi connectivity index (χ0v) is 10.1. The van der Waals surface area contributed by atoms with Crippen molar-refractivity contribution in [2.75, 3.05) is 16.9 Å². The molecule has 1 saturated heterocycles. The number of carbonyl (C=O) groups excluding carboxylic acids is 2. The molecular weight excluding hydrogens is 236 g/mol. The standard InChI is InChI=1S/C10H14N6O2/c1-5-8(15-11)12-4-13-9(5)16-3-7(17)14-10(18)6(16)2/h4,6H,3,11H2,1-2H3,(H,12,13,15)(H,14,17,18). The average Bonchev–Trinajstić information content (AvgIpc) is 2.34. The van der Waals surface area contributed by atoms with Crippen LogP contribution in [0, 0.1) is 6.92 Å². The molecule has 1 aromatic rings. The Bertz CT molecular complexity index is 503. The van der Waals surface area contributed by atoms with E-state index in [0.717, 1.165) is 0 Å². The van der Waals surface area contributed by atoms with Gasteiger partial charge in [0.05, 0.1) is 6.54 Å². The first-order chi connectivity index (χ1) is 8.54. The second-order valence-electron chi connectivity index (χ2n) is 4.03. The Hall–Kier alpha value is -2.22. The maximum atomic E-state index is 11.6. The van der Waals surface area contributed by atoms with Gasteiger partial charge in [-0.15, -0.1) is 0 Å². The van der Waals surface area contributed by atoms with Gasteiger partial charge in [0.2, 0.25) is 11.8 Å².